The van der Waals surface area contributed by atoms with Crippen molar-refractivity contribution < 1.29 is 9.90 Å². The van der Waals surface area contributed by atoms with E-state index in [4.69, 9.17) is 5.11 Å². The molecule has 0 unspecified atom stereocenters. The molecule has 3 heteroatoms. The second-order valence-corrected chi connectivity index (χ2v) is 4.95. The van der Waals surface area contributed by atoms with Crippen molar-refractivity contribution in [3.05, 3.63) is 35.9 Å². The lowest BCUT2D eigenvalue weighted by molar-refractivity contribution is -0.131. The van der Waals surface area contributed by atoms with Crippen molar-refractivity contribution in [1.29, 1.82) is 0 Å². The van der Waals surface area contributed by atoms with Gasteiger partial charge in [0.2, 0.25) is 0 Å². The number of hydrogen-bond acceptors (Lipinski definition) is 2. The maximum atomic E-state index is 10.7. The molecule has 0 atom stereocenters. The molecular formula is C17H25NO2. The summed E-state index contributed by atoms with van der Waals surface area (Å²) in [5, 5.41) is 8.78. The average molecular weight is 275 g/mol. The van der Waals surface area contributed by atoms with Gasteiger partial charge < -0.3 is 10.0 Å². The minimum atomic E-state index is -0.914. The highest BCUT2D eigenvalue weighted by Crippen LogP contribution is 2.24. The molecule has 0 fully saturated rings. The molecule has 1 N–H and O–H groups in total. The Balaban J connectivity index is 2.99. The first kappa shape index (κ1) is 16.3. The predicted octanol–water partition coefficient (Wildman–Crippen LogP) is 4.05. The van der Waals surface area contributed by atoms with E-state index in [0.29, 0.717) is 5.92 Å². The molecule has 0 amide bonds. The molecule has 1 aromatic rings. The van der Waals surface area contributed by atoms with E-state index in [1.165, 1.54) is 18.9 Å². The van der Waals surface area contributed by atoms with Crippen LogP contribution in [0, 0.1) is 5.92 Å². The van der Waals surface area contributed by atoms with Gasteiger partial charge in [0.15, 0.2) is 0 Å². The van der Waals surface area contributed by atoms with Gasteiger partial charge >= 0.3 is 5.97 Å². The van der Waals surface area contributed by atoms with E-state index >= 15 is 0 Å². The fraction of sp³-hybridized carbons (Fsp3) is 0.471. The van der Waals surface area contributed by atoms with Gasteiger partial charge in [-0.1, -0.05) is 44.9 Å². The number of carboxylic acid groups (broad SMARTS) is 1. The summed E-state index contributed by atoms with van der Waals surface area (Å²) in [4.78, 5) is 13.0. The molecule has 3 nitrogen and oxygen atoms in total. The van der Waals surface area contributed by atoms with Crippen molar-refractivity contribution in [1.82, 2.24) is 0 Å². The Morgan fingerprint density at radius 1 is 1.25 bits per heavy atom. The van der Waals surface area contributed by atoms with Crippen LogP contribution < -0.4 is 4.90 Å². The lowest BCUT2D eigenvalue weighted by Crippen LogP contribution is -2.29. The Morgan fingerprint density at radius 3 is 2.45 bits per heavy atom. The van der Waals surface area contributed by atoms with Crippen LogP contribution in [0.1, 0.15) is 39.2 Å². The number of hydrogen-bond donors (Lipinski definition) is 1. The molecule has 0 radical (unpaired) electrons. The molecule has 0 aliphatic heterocycles. The third kappa shape index (κ3) is 4.72. The van der Waals surface area contributed by atoms with Gasteiger partial charge in [0.1, 0.15) is 0 Å². The molecule has 0 aromatic heterocycles. The minimum Gasteiger partial charge on any atom is -0.478 e. The standard InChI is InChI=1S/C17H25NO2/c1-4-14(5-2)13-18(6-3)16-10-8-7-9-15(16)11-12-17(19)20/h7-12,14H,4-6,13H2,1-3H3,(H,19,20). The van der Waals surface area contributed by atoms with Crippen molar-refractivity contribution in [2.75, 3.05) is 18.0 Å². The Labute approximate surface area is 121 Å². The fourth-order valence-electron chi connectivity index (χ4n) is 2.33. The Kier molecular flexibility index (Phi) is 6.85. The van der Waals surface area contributed by atoms with Gasteiger partial charge in [-0.05, 0) is 30.5 Å². The fourth-order valence-corrected chi connectivity index (χ4v) is 2.33. The third-order valence-corrected chi connectivity index (χ3v) is 3.70. The Morgan fingerprint density at radius 2 is 1.90 bits per heavy atom. The van der Waals surface area contributed by atoms with Crippen molar-refractivity contribution in [2.45, 2.75) is 33.6 Å². The van der Waals surface area contributed by atoms with E-state index < -0.39 is 5.97 Å². The summed E-state index contributed by atoms with van der Waals surface area (Å²) < 4.78 is 0. The number of rotatable bonds is 8. The normalized spacial score (nSPS) is 11.2. The van der Waals surface area contributed by atoms with Crippen LogP contribution in [0.5, 0.6) is 0 Å². The van der Waals surface area contributed by atoms with Gasteiger partial charge in [-0.2, -0.15) is 0 Å². The highest BCUT2D eigenvalue weighted by Gasteiger charge is 2.12. The molecule has 0 saturated carbocycles. The number of anilines is 1. The summed E-state index contributed by atoms with van der Waals surface area (Å²) in [6.45, 7) is 8.52. The second kappa shape index (κ2) is 8.41. The molecule has 0 saturated heterocycles. The van der Waals surface area contributed by atoms with E-state index in [0.717, 1.165) is 24.3 Å². The van der Waals surface area contributed by atoms with Crippen LogP contribution in [0.3, 0.4) is 0 Å². The maximum Gasteiger partial charge on any atom is 0.328 e. The number of nitrogens with zero attached hydrogens (tertiary/aromatic N) is 1. The summed E-state index contributed by atoms with van der Waals surface area (Å²) in [6.07, 6.45) is 5.21. The molecule has 0 spiro atoms. The van der Waals surface area contributed by atoms with E-state index in [1.54, 1.807) is 6.08 Å². The number of carboxylic acids is 1. The van der Waals surface area contributed by atoms with Crippen LogP contribution in [0.2, 0.25) is 0 Å². The first-order valence-corrected chi connectivity index (χ1v) is 7.37. The lowest BCUT2D eigenvalue weighted by Gasteiger charge is -2.28. The summed E-state index contributed by atoms with van der Waals surface area (Å²) in [5.41, 5.74) is 2.07. The van der Waals surface area contributed by atoms with E-state index in [2.05, 4.69) is 31.7 Å². The quantitative estimate of drug-likeness (QED) is 0.728. The summed E-state index contributed by atoms with van der Waals surface area (Å²) in [5.74, 6) is -0.241. The molecule has 0 bridgehead atoms. The van der Waals surface area contributed by atoms with Crippen LogP contribution in [0.4, 0.5) is 5.69 Å². The van der Waals surface area contributed by atoms with E-state index in [9.17, 15) is 4.79 Å². The SMILES string of the molecule is CCC(CC)CN(CC)c1ccccc1C=CC(=O)O. The van der Waals surface area contributed by atoms with Crippen molar-refractivity contribution >= 4 is 17.7 Å². The topological polar surface area (TPSA) is 40.5 Å². The van der Waals surface area contributed by atoms with Crippen molar-refractivity contribution in [3.8, 4) is 0 Å². The Bertz CT molecular complexity index is 450. The minimum absolute atomic E-state index is 0.673. The van der Waals surface area contributed by atoms with Crippen LogP contribution >= 0.6 is 0 Å². The number of carbonyl (C=O) groups is 1. The van der Waals surface area contributed by atoms with E-state index in [1.807, 2.05) is 18.2 Å². The maximum absolute atomic E-state index is 10.7. The third-order valence-electron chi connectivity index (χ3n) is 3.70. The zero-order chi connectivity index (χ0) is 15.0. The van der Waals surface area contributed by atoms with Crippen LogP contribution in [-0.4, -0.2) is 24.2 Å². The van der Waals surface area contributed by atoms with Crippen molar-refractivity contribution in [3.63, 3.8) is 0 Å². The summed E-state index contributed by atoms with van der Waals surface area (Å²) in [7, 11) is 0. The van der Waals surface area contributed by atoms with Crippen molar-refractivity contribution in [2.24, 2.45) is 5.92 Å². The van der Waals surface area contributed by atoms with Crippen LogP contribution in [0.25, 0.3) is 6.08 Å². The van der Waals surface area contributed by atoms with Crippen LogP contribution in [0.15, 0.2) is 30.3 Å². The number of aliphatic carboxylic acids is 1. The van der Waals surface area contributed by atoms with Gasteiger partial charge in [-0.3, -0.25) is 0 Å². The average Bonchev–Trinajstić information content (AvgIpc) is 2.47. The van der Waals surface area contributed by atoms with Gasteiger partial charge in [0.25, 0.3) is 0 Å². The molecular weight excluding hydrogens is 250 g/mol. The van der Waals surface area contributed by atoms with E-state index in [-0.39, 0.29) is 0 Å². The smallest absolute Gasteiger partial charge is 0.328 e. The first-order valence-electron chi connectivity index (χ1n) is 7.37. The molecule has 0 aliphatic carbocycles. The monoisotopic (exact) mass is 275 g/mol. The number of para-hydroxylation sites is 1. The molecule has 1 aromatic carbocycles. The zero-order valence-electron chi connectivity index (χ0n) is 12.7. The van der Waals surface area contributed by atoms with Gasteiger partial charge in [-0.25, -0.2) is 4.79 Å². The van der Waals surface area contributed by atoms with Crippen LogP contribution in [-0.2, 0) is 4.79 Å². The number of benzene rings is 1. The van der Waals surface area contributed by atoms with Gasteiger partial charge in [0.05, 0.1) is 0 Å². The predicted molar refractivity (Wildman–Crippen MR) is 85.1 cm³/mol. The molecule has 0 heterocycles. The highest BCUT2D eigenvalue weighted by atomic mass is 16.4. The summed E-state index contributed by atoms with van der Waals surface area (Å²) >= 11 is 0. The second-order valence-electron chi connectivity index (χ2n) is 4.95. The largest absolute Gasteiger partial charge is 0.478 e. The van der Waals surface area contributed by atoms with Gasteiger partial charge in [-0.15, -0.1) is 0 Å². The molecule has 20 heavy (non-hydrogen) atoms. The first-order chi connectivity index (χ1) is 9.62. The molecule has 1 rings (SSSR count). The molecule has 0 aliphatic rings. The zero-order valence-corrected chi connectivity index (χ0v) is 12.7. The van der Waals surface area contributed by atoms with Gasteiger partial charge in [0, 0.05) is 24.9 Å². The molecule has 110 valence electrons. The lowest BCUT2D eigenvalue weighted by atomic mass is 10.0. The summed E-state index contributed by atoms with van der Waals surface area (Å²) in [6, 6.07) is 7.97. The highest BCUT2D eigenvalue weighted by molar-refractivity contribution is 5.87. The Hall–Kier alpha value is -1.77.